The van der Waals surface area contributed by atoms with Crippen LogP contribution >= 0.6 is 0 Å². The second-order valence-electron chi connectivity index (χ2n) is 7.59. The first-order valence-electron chi connectivity index (χ1n) is 9.74. The number of benzene rings is 1. The fraction of sp³-hybridized carbons (Fsp3) is 0.217. The fourth-order valence-corrected chi connectivity index (χ4v) is 5.22. The molecule has 0 spiro atoms. The molecule has 7 nitrogen and oxygen atoms in total. The molecule has 0 saturated heterocycles. The van der Waals surface area contributed by atoms with E-state index >= 15 is 0 Å². The Morgan fingerprint density at radius 1 is 0.935 bits per heavy atom. The Labute approximate surface area is 181 Å². The Kier molecular flexibility index (Phi) is 4.97. The van der Waals surface area contributed by atoms with E-state index in [1.165, 1.54) is 25.3 Å². The van der Waals surface area contributed by atoms with Crippen molar-refractivity contribution in [1.29, 1.82) is 0 Å². The molecule has 0 amide bonds. The second-order valence-corrected chi connectivity index (χ2v) is 9.38. The third-order valence-corrected chi connectivity index (χ3v) is 7.08. The van der Waals surface area contributed by atoms with Gasteiger partial charge >= 0.3 is 5.97 Å². The molecule has 0 radical (unpaired) electrons. The minimum Gasteiger partial charge on any atom is -0.464 e. The van der Waals surface area contributed by atoms with Crippen molar-refractivity contribution in [3.8, 4) is 5.82 Å². The number of methoxy groups -OCH3 is 1. The number of esters is 1. The summed E-state index contributed by atoms with van der Waals surface area (Å²) in [5.41, 5.74) is 4.35. The van der Waals surface area contributed by atoms with Gasteiger partial charge in [0.15, 0.2) is 0 Å². The third kappa shape index (κ3) is 3.33. The molecule has 8 heteroatoms. The highest BCUT2D eigenvalue weighted by molar-refractivity contribution is 7.90. The topological polar surface area (TPSA) is 83.2 Å². The van der Waals surface area contributed by atoms with Crippen LogP contribution in [0.2, 0.25) is 0 Å². The molecule has 0 aliphatic heterocycles. The van der Waals surface area contributed by atoms with E-state index in [9.17, 15) is 13.2 Å². The largest absolute Gasteiger partial charge is 0.464 e. The van der Waals surface area contributed by atoms with Crippen LogP contribution in [0.3, 0.4) is 0 Å². The molecule has 0 fully saturated rings. The van der Waals surface area contributed by atoms with E-state index < -0.39 is 16.0 Å². The van der Waals surface area contributed by atoms with Gasteiger partial charge in [0, 0.05) is 11.4 Å². The van der Waals surface area contributed by atoms with Crippen LogP contribution < -0.4 is 0 Å². The summed E-state index contributed by atoms with van der Waals surface area (Å²) in [5.74, 6) is -0.0602. The van der Waals surface area contributed by atoms with Gasteiger partial charge in [-0.1, -0.05) is 17.7 Å². The summed E-state index contributed by atoms with van der Waals surface area (Å²) in [6.07, 6.45) is 0. The number of hydrogen-bond donors (Lipinski definition) is 0. The van der Waals surface area contributed by atoms with Crippen LogP contribution in [-0.4, -0.2) is 35.0 Å². The first kappa shape index (κ1) is 20.9. The molecule has 0 N–H and O–H groups in total. The molecule has 0 saturated carbocycles. The summed E-state index contributed by atoms with van der Waals surface area (Å²) in [5, 5.41) is 0. The maximum Gasteiger partial charge on any atom is 0.355 e. The van der Waals surface area contributed by atoms with Crippen LogP contribution in [0.15, 0.2) is 53.4 Å². The number of aryl methyl sites for hydroxylation is 4. The highest BCUT2D eigenvalue weighted by atomic mass is 32.2. The number of rotatable bonds is 4. The van der Waals surface area contributed by atoms with E-state index in [1.807, 2.05) is 44.4 Å². The summed E-state index contributed by atoms with van der Waals surface area (Å²) < 4.78 is 34.9. The predicted molar refractivity (Wildman–Crippen MR) is 118 cm³/mol. The third-order valence-electron chi connectivity index (χ3n) is 5.34. The number of ether oxygens (including phenoxy) is 1. The number of nitrogens with zero attached hydrogens (tertiary/aromatic N) is 3. The summed E-state index contributed by atoms with van der Waals surface area (Å²) in [6.45, 7) is 7.70. The lowest BCUT2D eigenvalue weighted by Gasteiger charge is -2.14. The maximum atomic E-state index is 13.5. The maximum absolute atomic E-state index is 13.5. The van der Waals surface area contributed by atoms with E-state index in [0.717, 1.165) is 26.5 Å². The highest BCUT2D eigenvalue weighted by Gasteiger charge is 2.28. The fourth-order valence-electron chi connectivity index (χ4n) is 3.74. The normalized spacial score (nSPS) is 11.8. The minimum atomic E-state index is -4.06. The average molecular weight is 438 g/mol. The van der Waals surface area contributed by atoms with Gasteiger partial charge in [-0.15, -0.1) is 0 Å². The lowest BCUT2D eigenvalue weighted by molar-refractivity contribution is 0.0593. The zero-order valence-corrected chi connectivity index (χ0v) is 18.8. The SMILES string of the molecule is COC(=O)c1cc2nc(-n3c(C)ccc3C)c(C)cc2n1S(=O)(=O)c1ccc(C)cc1. The van der Waals surface area contributed by atoms with Crippen molar-refractivity contribution in [2.45, 2.75) is 32.6 Å². The average Bonchev–Trinajstić information content (AvgIpc) is 3.26. The van der Waals surface area contributed by atoms with Gasteiger partial charge in [-0.3, -0.25) is 0 Å². The molecule has 0 aliphatic carbocycles. The van der Waals surface area contributed by atoms with Gasteiger partial charge in [-0.25, -0.2) is 22.2 Å². The second kappa shape index (κ2) is 7.39. The summed E-state index contributed by atoms with van der Waals surface area (Å²) >= 11 is 0. The first-order valence-corrected chi connectivity index (χ1v) is 11.2. The Morgan fingerprint density at radius 2 is 1.55 bits per heavy atom. The van der Waals surface area contributed by atoms with Crippen molar-refractivity contribution in [2.75, 3.05) is 7.11 Å². The predicted octanol–water partition coefficient (Wildman–Crippen LogP) is 4.08. The zero-order valence-electron chi connectivity index (χ0n) is 18.0. The number of hydrogen-bond acceptors (Lipinski definition) is 5. The molecule has 4 rings (SSSR count). The molecule has 4 aromatic rings. The van der Waals surface area contributed by atoms with Gasteiger partial charge in [-0.05, 0) is 69.7 Å². The quantitative estimate of drug-likeness (QED) is 0.449. The standard InChI is InChI=1S/C23H23N3O4S/c1-14-6-10-18(11-7-14)31(28,29)26-20-12-15(2)22(25-16(3)8-9-17(25)4)24-19(20)13-21(26)23(27)30-5/h6-13H,1-5H3. The molecular formula is C23H23N3O4S. The number of carbonyl (C=O) groups excluding carboxylic acids is 1. The Hall–Kier alpha value is -3.39. The molecule has 31 heavy (non-hydrogen) atoms. The summed E-state index contributed by atoms with van der Waals surface area (Å²) in [4.78, 5) is 17.3. The first-order chi connectivity index (χ1) is 14.6. The molecule has 0 bridgehead atoms. The van der Waals surface area contributed by atoms with Crippen molar-refractivity contribution >= 4 is 27.0 Å². The Morgan fingerprint density at radius 3 is 2.13 bits per heavy atom. The minimum absolute atomic E-state index is 0.0829. The van der Waals surface area contributed by atoms with E-state index in [-0.39, 0.29) is 10.6 Å². The summed E-state index contributed by atoms with van der Waals surface area (Å²) in [6, 6.07) is 13.7. The van der Waals surface area contributed by atoms with Gasteiger partial charge in [0.25, 0.3) is 10.0 Å². The van der Waals surface area contributed by atoms with Gasteiger partial charge in [0.05, 0.1) is 23.0 Å². The highest BCUT2D eigenvalue weighted by Crippen LogP contribution is 2.29. The van der Waals surface area contributed by atoms with Crippen LogP contribution in [0.1, 0.15) is 33.0 Å². The van der Waals surface area contributed by atoms with Crippen LogP contribution in [0, 0.1) is 27.7 Å². The van der Waals surface area contributed by atoms with Crippen molar-refractivity contribution in [3.63, 3.8) is 0 Å². The van der Waals surface area contributed by atoms with Crippen molar-refractivity contribution in [3.05, 3.63) is 76.7 Å². The molecule has 160 valence electrons. The molecular weight excluding hydrogens is 414 g/mol. The van der Waals surface area contributed by atoms with E-state index in [4.69, 9.17) is 9.72 Å². The number of fused-ring (bicyclic) bond motifs is 1. The molecule has 3 aromatic heterocycles. The molecule has 1 aromatic carbocycles. The van der Waals surface area contributed by atoms with E-state index in [2.05, 4.69) is 0 Å². The van der Waals surface area contributed by atoms with Crippen molar-refractivity contribution in [1.82, 2.24) is 13.5 Å². The number of pyridine rings is 1. The monoisotopic (exact) mass is 437 g/mol. The molecule has 0 aliphatic rings. The zero-order chi connectivity index (χ0) is 22.5. The lowest BCUT2D eigenvalue weighted by Crippen LogP contribution is -2.19. The molecule has 0 unspecified atom stereocenters. The van der Waals surface area contributed by atoms with Crippen LogP contribution in [-0.2, 0) is 14.8 Å². The van der Waals surface area contributed by atoms with E-state index in [1.54, 1.807) is 18.2 Å². The number of aromatic nitrogens is 3. The van der Waals surface area contributed by atoms with Crippen LogP contribution in [0.5, 0.6) is 0 Å². The number of carbonyl (C=O) groups is 1. The van der Waals surface area contributed by atoms with Crippen molar-refractivity contribution < 1.29 is 17.9 Å². The molecule has 0 atom stereocenters. The molecule has 3 heterocycles. The Balaban J connectivity index is 2.04. The summed E-state index contributed by atoms with van der Waals surface area (Å²) in [7, 11) is -2.83. The smallest absolute Gasteiger partial charge is 0.355 e. The Bertz CT molecular complexity index is 1410. The van der Waals surface area contributed by atoms with Gasteiger partial charge in [0.1, 0.15) is 11.5 Å². The van der Waals surface area contributed by atoms with Gasteiger partial charge < -0.3 is 9.30 Å². The van der Waals surface area contributed by atoms with E-state index in [0.29, 0.717) is 16.9 Å². The van der Waals surface area contributed by atoms with Gasteiger partial charge in [0.2, 0.25) is 0 Å². The van der Waals surface area contributed by atoms with Crippen LogP contribution in [0.4, 0.5) is 0 Å². The lowest BCUT2D eigenvalue weighted by atomic mass is 10.2. The van der Waals surface area contributed by atoms with Crippen LogP contribution in [0.25, 0.3) is 16.9 Å². The van der Waals surface area contributed by atoms with Gasteiger partial charge in [-0.2, -0.15) is 0 Å². The van der Waals surface area contributed by atoms with Crippen molar-refractivity contribution in [2.24, 2.45) is 0 Å².